The Morgan fingerprint density at radius 1 is 1.35 bits per heavy atom. The molecule has 0 spiro atoms. The van der Waals surface area contributed by atoms with Crippen molar-refractivity contribution in [1.82, 2.24) is 5.32 Å². The molecule has 0 saturated heterocycles. The summed E-state index contributed by atoms with van der Waals surface area (Å²) in [5.41, 5.74) is 1.78. The van der Waals surface area contributed by atoms with Gasteiger partial charge in [0, 0.05) is 13.2 Å². The first kappa shape index (κ1) is 13.2. The fourth-order valence-electron chi connectivity index (χ4n) is 1.53. The fourth-order valence-corrected chi connectivity index (χ4v) is 1.53. The molecule has 0 aliphatic rings. The Hall–Kier alpha value is -1.86. The molecule has 0 fully saturated rings. The molecular weight excluding hydrogens is 216 g/mol. The van der Waals surface area contributed by atoms with Crippen LogP contribution in [0.4, 0.5) is 0 Å². The van der Waals surface area contributed by atoms with Crippen molar-refractivity contribution in [3.63, 3.8) is 0 Å². The van der Waals surface area contributed by atoms with Gasteiger partial charge in [0.2, 0.25) is 5.91 Å². The summed E-state index contributed by atoms with van der Waals surface area (Å²) >= 11 is 0. The van der Waals surface area contributed by atoms with Gasteiger partial charge < -0.3 is 10.4 Å². The Balaban J connectivity index is 2.55. The average Bonchev–Trinajstić information content (AvgIpc) is 2.32. The van der Waals surface area contributed by atoms with Gasteiger partial charge in [0.1, 0.15) is 0 Å². The van der Waals surface area contributed by atoms with Crippen LogP contribution in [0.3, 0.4) is 0 Å². The van der Waals surface area contributed by atoms with Gasteiger partial charge in [-0.1, -0.05) is 24.3 Å². The Morgan fingerprint density at radius 3 is 2.71 bits per heavy atom. The van der Waals surface area contributed by atoms with Crippen LogP contribution in [0.5, 0.6) is 0 Å². The first-order valence-corrected chi connectivity index (χ1v) is 5.59. The summed E-state index contributed by atoms with van der Waals surface area (Å²) in [5, 5.41) is 20.0. The normalized spacial score (nSPS) is 9.65. The van der Waals surface area contributed by atoms with E-state index in [9.17, 15) is 4.79 Å². The van der Waals surface area contributed by atoms with Crippen LogP contribution >= 0.6 is 0 Å². The lowest BCUT2D eigenvalue weighted by Crippen LogP contribution is -2.26. The molecular formula is C13H16N2O2. The molecule has 0 aliphatic carbocycles. The first-order valence-electron chi connectivity index (χ1n) is 5.59. The standard InChI is InChI=1S/C13H16N2O2/c14-7-6-11-4-1-2-5-12(11)10-13(17)15-8-3-9-16/h1-2,4-5,16H,3,6,8-10H2,(H,15,17). The largest absolute Gasteiger partial charge is 0.396 e. The number of benzene rings is 1. The smallest absolute Gasteiger partial charge is 0.224 e. The Labute approximate surface area is 101 Å². The maximum absolute atomic E-state index is 11.6. The second kappa shape index (κ2) is 7.42. The molecule has 0 bridgehead atoms. The summed E-state index contributed by atoms with van der Waals surface area (Å²) < 4.78 is 0. The van der Waals surface area contributed by atoms with E-state index in [1.54, 1.807) is 0 Å². The van der Waals surface area contributed by atoms with Crippen LogP contribution in [0, 0.1) is 11.3 Å². The summed E-state index contributed by atoms with van der Waals surface area (Å²) in [7, 11) is 0. The quantitative estimate of drug-likeness (QED) is 0.712. The lowest BCUT2D eigenvalue weighted by Gasteiger charge is -2.07. The van der Waals surface area contributed by atoms with E-state index in [1.165, 1.54) is 0 Å². The second-order valence-electron chi connectivity index (χ2n) is 3.71. The van der Waals surface area contributed by atoms with Crippen molar-refractivity contribution in [1.29, 1.82) is 5.26 Å². The number of amides is 1. The third-order valence-electron chi connectivity index (χ3n) is 2.40. The SMILES string of the molecule is N#CCc1ccccc1CC(=O)NCCCO. The molecule has 0 aliphatic heterocycles. The van der Waals surface area contributed by atoms with E-state index >= 15 is 0 Å². The van der Waals surface area contributed by atoms with Gasteiger partial charge in [0.25, 0.3) is 0 Å². The van der Waals surface area contributed by atoms with Gasteiger partial charge in [0.05, 0.1) is 18.9 Å². The highest BCUT2D eigenvalue weighted by molar-refractivity contribution is 5.78. The lowest BCUT2D eigenvalue weighted by molar-refractivity contribution is -0.120. The van der Waals surface area contributed by atoms with Crippen LogP contribution in [0.1, 0.15) is 17.5 Å². The summed E-state index contributed by atoms with van der Waals surface area (Å²) in [5.74, 6) is -0.0798. The maximum Gasteiger partial charge on any atom is 0.224 e. The van der Waals surface area contributed by atoms with Crippen LogP contribution < -0.4 is 5.32 Å². The van der Waals surface area contributed by atoms with E-state index in [1.807, 2.05) is 24.3 Å². The van der Waals surface area contributed by atoms with E-state index in [2.05, 4.69) is 11.4 Å². The minimum absolute atomic E-state index is 0.0747. The van der Waals surface area contributed by atoms with Crippen molar-refractivity contribution in [3.05, 3.63) is 35.4 Å². The Kier molecular flexibility index (Phi) is 5.76. The van der Waals surface area contributed by atoms with E-state index in [4.69, 9.17) is 10.4 Å². The van der Waals surface area contributed by atoms with Gasteiger partial charge in [-0.15, -0.1) is 0 Å². The van der Waals surface area contributed by atoms with Crippen LogP contribution in [-0.2, 0) is 17.6 Å². The molecule has 0 atom stereocenters. The van der Waals surface area contributed by atoms with Crippen LogP contribution in [0.2, 0.25) is 0 Å². The second-order valence-corrected chi connectivity index (χ2v) is 3.71. The predicted octanol–water partition coefficient (Wildman–Crippen LogP) is 0.794. The van der Waals surface area contributed by atoms with E-state index in [0.29, 0.717) is 19.4 Å². The number of aliphatic hydroxyl groups excluding tert-OH is 1. The number of rotatable bonds is 6. The third-order valence-corrected chi connectivity index (χ3v) is 2.40. The number of aliphatic hydroxyl groups is 1. The van der Waals surface area contributed by atoms with Crippen molar-refractivity contribution >= 4 is 5.91 Å². The first-order chi connectivity index (χ1) is 8.27. The van der Waals surface area contributed by atoms with E-state index < -0.39 is 0 Å². The number of nitrogens with zero attached hydrogens (tertiary/aromatic N) is 1. The zero-order chi connectivity index (χ0) is 12.5. The zero-order valence-electron chi connectivity index (χ0n) is 9.65. The molecule has 1 rings (SSSR count). The molecule has 0 radical (unpaired) electrons. The van der Waals surface area contributed by atoms with Crippen LogP contribution in [0.25, 0.3) is 0 Å². The topological polar surface area (TPSA) is 73.1 Å². The number of carbonyl (C=O) groups excluding carboxylic acids is 1. The van der Waals surface area contributed by atoms with Gasteiger partial charge in [0.15, 0.2) is 0 Å². The van der Waals surface area contributed by atoms with Crippen molar-refractivity contribution in [2.75, 3.05) is 13.2 Å². The molecule has 2 N–H and O–H groups in total. The predicted molar refractivity (Wildman–Crippen MR) is 64.2 cm³/mol. The molecule has 17 heavy (non-hydrogen) atoms. The highest BCUT2D eigenvalue weighted by atomic mass is 16.3. The highest BCUT2D eigenvalue weighted by Gasteiger charge is 2.06. The van der Waals surface area contributed by atoms with Crippen LogP contribution in [0.15, 0.2) is 24.3 Å². The van der Waals surface area contributed by atoms with E-state index in [-0.39, 0.29) is 18.9 Å². The third kappa shape index (κ3) is 4.66. The van der Waals surface area contributed by atoms with Gasteiger partial charge in [-0.05, 0) is 17.5 Å². The van der Waals surface area contributed by atoms with Crippen molar-refractivity contribution < 1.29 is 9.90 Å². The van der Waals surface area contributed by atoms with Gasteiger partial charge in [-0.25, -0.2) is 0 Å². The van der Waals surface area contributed by atoms with E-state index in [0.717, 1.165) is 11.1 Å². The Morgan fingerprint density at radius 2 is 2.06 bits per heavy atom. The molecule has 1 aromatic rings. The molecule has 90 valence electrons. The fraction of sp³-hybridized carbons (Fsp3) is 0.385. The van der Waals surface area contributed by atoms with Gasteiger partial charge in [-0.3, -0.25) is 4.79 Å². The summed E-state index contributed by atoms with van der Waals surface area (Å²) in [6.07, 6.45) is 1.16. The molecule has 1 amide bonds. The highest BCUT2D eigenvalue weighted by Crippen LogP contribution is 2.09. The molecule has 0 saturated carbocycles. The number of hydrogen-bond donors (Lipinski definition) is 2. The summed E-state index contributed by atoms with van der Waals surface area (Å²) in [4.78, 5) is 11.6. The lowest BCUT2D eigenvalue weighted by atomic mass is 10.0. The molecule has 0 unspecified atom stereocenters. The monoisotopic (exact) mass is 232 g/mol. The van der Waals surface area contributed by atoms with Crippen molar-refractivity contribution in [3.8, 4) is 6.07 Å². The molecule has 0 heterocycles. The zero-order valence-corrected chi connectivity index (χ0v) is 9.65. The minimum atomic E-state index is -0.0798. The minimum Gasteiger partial charge on any atom is -0.396 e. The van der Waals surface area contributed by atoms with Crippen molar-refractivity contribution in [2.24, 2.45) is 0 Å². The maximum atomic E-state index is 11.6. The molecule has 1 aromatic carbocycles. The Bertz CT molecular complexity index is 410. The molecule has 4 nitrogen and oxygen atoms in total. The van der Waals surface area contributed by atoms with Gasteiger partial charge >= 0.3 is 0 Å². The number of carbonyl (C=O) groups is 1. The summed E-state index contributed by atoms with van der Waals surface area (Å²) in [6, 6.07) is 9.52. The van der Waals surface area contributed by atoms with Crippen molar-refractivity contribution in [2.45, 2.75) is 19.3 Å². The number of nitrogens with one attached hydrogen (secondary N) is 1. The molecule has 0 aromatic heterocycles. The number of hydrogen-bond acceptors (Lipinski definition) is 3. The average molecular weight is 232 g/mol. The number of nitriles is 1. The molecule has 4 heteroatoms. The van der Waals surface area contributed by atoms with Crippen LogP contribution in [-0.4, -0.2) is 24.2 Å². The summed E-state index contributed by atoms with van der Waals surface area (Å²) in [6.45, 7) is 0.557. The van der Waals surface area contributed by atoms with Gasteiger partial charge in [-0.2, -0.15) is 5.26 Å².